The van der Waals surface area contributed by atoms with Crippen molar-refractivity contribution in [2.75, 3.05) is 19.8 Å². The van der Waals surface area contributed by atoms with E-state index < -0.39 is 23.8 Å². The van der Waals surface area contributed by atoms with Gasteiger partial charge in [-0.1, -0.05) is 6.58 Å². The molecule has 0 aromatic heterocycles. The predicted octanol–water partition coefficient (Wildman–Crippen LogP) is 0.139. The van der Waals surface area contributed by atoms with Crippen molar-refractivity contribution in [3.05, 3.63) is 12.7 Å². The summed E-state index contributed by atoms with van der Waals surface area (Å²) in [5, 5.41) is 8.72. The second-order valence-electron chi connectivity index (χ2n) is 4.04. The van der Waals surface area contributed by atoms with E-state index in [-0.39, 0.29) is 32.2 Å². The summed E-state index contributed by atoms with van der Waals surface area (Å²) < 4.78 is 14.5. The van der Waals surface area contributed by atoms with E-state index in [0.717, 1.165) is 6.08 Å². The van der Waals surface area contributed by atoms with Crippen LogP contribution in [0.4, 0.5) is 0 Å². The van der Waals surface area contributed by atoms with E-state index in [2.05, 4.69) is 6.58 Å². The van der Waals surface area contributed by atoms with Gasteiger partial charge in [0, 0.05) is 6.08 Å². The highest BCUT2D eigenvalue weighted by atomic mass is 16.6. The molecule has 2 unspecified atom stereocenters. The Bertz CT molecular complexity index is 359. The highest BCUT2D eigenvalue weighted by molar-refractivity contribution is 5.81. The van der Waals surface area contributed by atoms with Crippen LogP contribution in [-0.4, -0.2) is 48.9 Å². The average Bonchev–Trinajstić information content (AvgIpc) is 3.18. The van der Waals surface area contributed by atoms with Crippen LogP contribution in [0.3, 0.4) is 0 Å². The number of aliphatic carboxylic acids is 1. The van der Waals surface area contributed by atoms with Gasteiger partial charge in [0.1, 0.15) is 12.7 Å². The molecule has 1 aliphatic heterocycles. The van der Waals surface area contributed by atoms with Crippen molar-refractivity contribution in [1.29, 1.82) is 0 Å². The summed E-state index contributed by atoms with van der Waals surface area (Å²) in [4.78, 5) is 33.1. The summed E-state index contributed by atoms with van der Waals surface area (Å²) in [7, 11) is 0. The number of esters is 2. The number of carbonyl (C=O) groups is 3. The van der Waals surface area contributed by atoms with Gasteiger partial charge in [-0.25, -0.2) is 4.79 Å². The minimum atomic E-state index is -1.11. The van der Waals surface area contributed by atoms with Crippen LogP contribution in [0.15, 0.2) is 12.7 Å². The molecule has 1 aliphatic rings. The van der Waals surface area contributed by atoms with E-state index in [4.69, 9.17) is 19.3 Å². The van der Waals surface area contributed by atoms with Gasteiger partial charge in [-0.2, -0.15) is 0 Å². The fraction of sp³-hybridized carbons (Fsp3) is 0.583. The number of ether oxygens (including phenoxy) is 3. The predicted molar refractivity (Wildman–Crippen MR) is 62.2 cm³/mol. The van der Waals surface area contributed by atoms with Crippen LogP contribution in [0.1, 0.15) is 12.8 Å². The zero-order valence-electron chi connectivity index (χ0n) is 10.4. The molecule has 19 heavy (non-hydrogen) atoms. The van der Waals surface area contributed by atoms with Gasteiger partial charge in [0.25, 0.3) is 0 Å². The Morgan fingerprint density at radius 1 is 1.42 bits per heavy atom. The summed E-state index contributed by atoms with van der Waals surface area (Å²) in [6.07, 6.45) is 0.647. The number of hydrogen-bond donors (Lipinski definition) is 1. The second kappa shape index (κ2) is 7.52. The van der Waals surface area contributed by atoms with Gasteiger partial charge < -0.3 is 19.3 Å². The summed E-state index contributed by atoms with van der Waals surface area (Å²) in [5.74, 6) is -3.19. The molecular weight excluding hydrogens is 256 g/mol. The van der Waals surface area contributed by atoms with E-state index in [1.165, 1.54) is 0 Å². The molecule has 1 heterocycles. The standard InChI is InChI=1S/C12H16O7/c1-2-11(15)17-4-3-8(5-10(13)14)12(16)19-7-9-6-18-9/h2,8-9H,1,3-7H2,(H,13,14). The maximum atomic E-state index is 11.7. The first-order valence-electron chi connectivity index (χ1n) is 5.82. The van der Waals surface area contributed by atoms with E-state index in [9.17, 15) is 14.4 Å². The van der Waals surface area contributed by atoms with Gasteiger partial charge in [-0.3, -0.25) is 9.59 Å². The lowest BCUT2D eigenvalue weighted by molar-refractivity contribution is -0.155. The van der Waals surface area contributed by atoms with Crippen molar-refractivity contribution < 1.29 is 33.7 Å². The molecule has 1 N–H and O–H groups in total. The third-order valence-corrected chi connectivity index (χ3v) is 2.45. The number of carboxylic acids is 1. The lowest BCUT2D eigenvalue weighted by atomic mass is 10.0. The van der Waals surface area contributed by atoms with Gasteiger partial charge in [0.2, 0.25) is 0 Å². The largest absolute Gasteiger partial charge is 0.481 e. The molecule has 0 saturated carbocycles. The van der Waals surface area contributed by atoms with Gasteiger partial charge in [0.05, 0.1) is 25.6 Å². The molecule has 1 fully saturated rings. The van der Waals surface area contributed by atoms with Crippen LogP contribution in [0.5, 0.6) is 0 Å². The Kier molecular flexibility index (Phi) is 6.01. The number of carboxylic acid groups (broad SMARTS) is 1. The topological polar surface area (TPSA) is 102 Å². The lowest BCUT2D eigenvalue weighted by Gasteiger charge is -2.13. The highest BCUT2D eigenvalue weighted by Crippen LogP contribution is 2.14. The molecule has 106 valence electrons. The highest BCUT2D eigenvalue weighted by Gasteiger charge is 2.28. The maximum absolute atomic E-state index is 11.7. The molecule has 2 atom stereocenters. The first kappa shape index (κ1) is 15.2. The molecule has 0 radical (unpaired) electrons. The Morgan fingerprint density at radius 2 is 2.11 bits per heavy atom. The Hall–Kier alpha value is -1.89. The normalized spacial score (nSPS) is 18.2. The maximum Gasteiger partial charge on any atom is 0.330 e. The van der Waals surface area contributed by atoms with Crippen molar-refractivity contribution in [3.8, 4) is 0 Å². The minimum Gasteiger partial charge on any atom is -0.481 e. The van der Waals surface area contributed by atoms with Crippen LogP contribution in [0.25, 0.3) is 0 Å². The minimum absolute atomic E-state index is 0.0577. The van der Waals surface area contributed by atoms with Gasteiger partial charge in [-0.15, -0.1) is 0 Å². The summed E-state index contributed by atoms with van der Waals surface area (Å²) >= 11 is 0. The van der Waals surface area contributed by atoms with E-state index >= 15 is 0 Å². The summed E-state index contributed by atoms with van der Waals surface area (Å²) in [6.45, 7) is 3.84. The molecule has 7 nitrogen and oxygen atoms in total. The molecule has 0 aliphatic carbocycles. The fourth-order valence-electron chi connectivity index (χ4n) is 1.33. The Balaban J connectivity index is 2.35. The molecule has 0 bridgehead atoms. The average molecular weight is 272 g/mol. The van der Waals surface area contributed by atoms with Crippen molar-refractivity contribution in [3.63, 3.8) is 0 Å². The molecule has 0 spiro atoms. The van der Waals surface area contributed by atoms with Crippen LogP contribution in [0, 0.1) is 5.92 Å². The Labute approximate surface area is 110 Å². The van der Waals surface area contributed by atoms with E-state index in [0.29, 0.717) is 6.61 Å². The van der Waals surface area contributed by atoms with Crippen molar-refractivity contribution in [1.82, 2.24) is 0 Å². The zero-order chi connectivity index (χ0) is 14.3. The quantitative estimate of drug-likeness (QED) is 0.362. The summed E-state index contributed by atoms with van der Waals surface area (Å²) in [5.41, 5.74) is 0. The van der Waals surface area contributed by atoms with Crippen LogP contribution in [0.2, 0.25) is 0 Å². The molecule has 0 aromatic carbocycles. The first-order chi connectivity index (χ1) is 9.02. The summed E-state index contributed by atoms with van der Waals surface area (Å²) in [6, 6.07) is 0. The third kappa shape index (κ3) is 6.56. The first-order valence-corrected chi connectivity index (χ1v) is 5.82. The van der Waals surface area contributed by atoms with Gasteiger partial charge in [-0.05, 0) is 6.42 Å². The zero-order valence-corrected chi connectivity index (χ0v) is 10.4. The fourth-order valence-corrected chi connectivity index (χ4v) is 1.33. The Morgan fingerprint density at radius 3 is 2.63 bits per heavy atom. The molecule has 0 aromatic rings. The van der Waals surface area contributed by atoms with Crippen molar-refractivity contribution >= 4 is 17.9 Å². The molecule has 1 saturated heterocycles. The smallest absolute Gasteiger partial charge is 0.330 e. The van der Waals surface area contributed by atoms with Crippen LogP contribution < -0.4 is 0 Å². The monoisotopic (exact) mass is 272 g/mol. The number of rotatable bonds is 9. The van der Waals surface area contributed by atoms with Crippen LogP contribution in [-0.2, 0) is 28.6 Å². The second-order valence-corrected chi connectivity index (χ2v) is 4.04. The van der Waals surface area contributed by atoms with E-state index in [1.54, 1.807) is 0 Å². The van der Waals surface area contributed by atoms with Crippen LogP contribution >= 0.6 is 0 Å². The SMILES string of the molecule is C=CC(=O)OCCC(CC(=O)O)C(=O)OCC1CO1. The molecule has 1 rings (SSSR count). The van der Waals surface area contributed by atoms with Gasteiger partial charge in [0.15, 0.2) is 0 Å². The molecular formula is C12H16O7. The molecule has 0 amide bonds. The van der Waals surface area contributed by atoms with E-state index in [1.807, 2.05) is 0 Å². The number of epoxide rings is 1. The molecule has 7 heteroatoms. The van der Waals surface area contributed by atoms with Gasteiger partial charge >= 0.3 is 17.9 Å². The third-order valence-electron chi connectivity index (χ3n) is 2.45. The number of carbonyl (C=O) groups excluding carboxylic acids is 2. The van der Waals surface area contributed by atoms with Crippen molar-refractivity contribution in [2.24, 2.45) is 5.92 Å². The lowest BCUT2D eigenvalue weighted by Crippen LogP contribution is -2.24. The number of hydrogen-bond acceptors (Lipinski definition) is 6. The van der Waals surface area contributed by atoms with Crippen molar-refractivity contribution in [2.45, 2.75) is 18.9 Å².